The van der Waals surface area contributed by atoms with Crippen molar-refractivity contribution in [1.29, 1.82) is 0 Å². The molecule has 3 heterocycles. The van der Waals surface area contributed by atoms with Crippen molar-refractivity contribution in [3.05, 3.63) is 130 Å². The molecular weight excluding hydrogens is 664 g/mol. The Labute approximate surface area is 280 Å². The molecule has 0 aromatic heterocycles. The molecule has 3 aliphatic heterocycles. The van der Waals surface area contributed by atoms with Gasteiger partial charge in [-0.25, -0.2) is 0 Å². The number of benzene rings is 4. The molecule has 1 amide bonds. The van der Waals surface area contributed by atoms with Gasteiger partial charge in [-0.05, 0) is 59.5 Å². The molecule has 2 fully saturated rings. The number of hydrogen-bond donors (Lipinski definition) is 2. The Bertz CT molecular complexity index is 1800. The van der Waals surface area contributed by atoms with Crippen LogP contribution in [-0.2, 0) is 29.3 Å². The fraction of sp³-hybridized carbons (Fsp3) is 0.270. The fourth-order valence-corrected chi connectivity index (χ4v) is 8.03. The minimum Gasteiger partial charge on any atom is -0.491 e. The van der Waals surface area contributed by atoms with Crippen molar-refractivity contribution >= 4 is 39.5 Å². The summed E-state index contributed by atoms with van der Waals surface area (Å²) in [5.41, 5.74) is 1.91. The third-order valence-corrected chi connectivity index (χ3v) is 9.86. The Balaban J connectivity index is 1.54. The van der Waals surface area contributed by atoms with Crippen molar-refractivity contribution in [3.8, 4) is 5.75 Å². The molecule has 1 unspecified atom stereocenters. The highest BCUT2D eigenvalue weighted by Crippen LogP contribution is 2.65. The Hall–Kier alpha value is -4.51. The van der Waals surface area contributed by atoms with Crippen LogP contribution in [0, 0.1) is 5.92 Å². The number of aliphatic hydroxyl groups is 1. The first-order valence-corrected chi connectivity index (χ1v) is 16.4. The number of amides is 1. The number of nitrogens with one attached hydrogen (secondary N) is 1. The number of rotatable bonds is 8. The highest BCUT2D eigenvalue weighted by Gasteiger charge is 2.74. The van der Waals surface area contributed by atoms with Crippen LogP contribution in [0.15, 0.2) is 108 Å². The molecule has 9 nitrogen and oxygen atoms in total. The summed E-state index contributed by atoms with van der Waals surface area (Å²) in [6, 6.07) is 29.4. The van der Waals surface area contributed by atoms with Crippen LogP contribution in [0.1, 0.15) is 47.4 Å². The standard InChI is InChI=1S/C37H33BrN2O7/c1-2-45-34(42)29-31-35(43)47-32(23-11-7-4-8-12-23)30(22-9-5-3-6-10-22)40(31)33(24-13-16-26(17-14-24)46-20-19-41)37(29)27-21-25(38)15-18-28(27)39-36(37)44/h3-18,21,29-33,41H,2,19-20H2,1H3,(H,39,44)/t29-,30-,31-,32+,33?,37-/m1/s1. The topological polar surface area (TPSA) is 114 Å². The van der Waals surface area contributed by atoms with Gasteiger partial charge in [0.2, 0.25) is 5.91 Å². The molecule has 7 rings (SSSR count). The van der Waals surface area contributed by atoms with Gasteiger partial charge in [0.05, 0.1) is 25.3 Å². The maximum absolute atomic E-state index is 14.8. The maximum atomic E-state index is 14.8. The lowest BCUT2D eigenvalue weighted by Gasteiger charge is -2.46. The minimum atomic E-state index is -1.58. The van der Waals surface area contributed by atoms with E-state index in [1.807, 2.05) is 89.8 Å². The number of fused-ring (bicyclic) bond motifs is 3. The monoisotopic (exact) mass is 696 g/mol. The highest BCUT2D eigenvalue weighted by atomic mass is 79.9. The lowest BCUT2D eigenvalue weighted by atomic mass is 9.65. The smallest absolute Gasteiger partial charge is 0.325 e. The number of halogens is 1. The van der Waals surface area contributed by atoms with Crippen LogP contribution in [-0.4, -0.2) is 53.7 Å². The van der Waals surface area contributed by atoms with E-state index in [4.69, 9.17) is 14.2 Å². The number of nitrogens with zero attached hydrogens (tertiary/aromatic N) is 1. The van der Waals surface area contributed by atoms with E-state index in [9.17, 15) is 19.5 Å². The molecule has 47 heavy (non-hydrogen) atoms. The number of ether oxygens (including phenoxy) is 3. The van der Waals surface area contributed by atoms with Crippen LogP contribution in [0.25, 0.3) is 0 Å². The van der Waals surface area contributed by atoms with E-state index in [1.165, 1.54) is 0 Å². The number of cyclic esters (lactones) is 1. The van der Waals surface area contributed by atoms with E-state index in [1.54, 1.807) is 25.1 Å². The van der Waals surface area contributed by atoms with Crippen molar-refractivity contribution in [2.45, 2.75) is 36.6 Å². The summed E-state index contributed by atoms with van der Waals surface area (Å²) in [5.74, 6) is -2.38. The summed E-state index contributed by atoms with van der Waals surface area (Å²) in [5, 5.41) is 12.4. The minimum absolute atomic E-state index is 0.0659. The van der Waals surface area contributed by atoms with Crippen molar-refractivity contribution < 1.29 is 33.7 Å². The van der Waals surface area contributed by atoms with Gasteiger partial charge in [0.15, 0.2) is 0 Å². The quantitative estimate of drug-likeness (QED) is 0.227. The number of anilines is 1. The zero-order valence-electron chi connectivity index (χ0n) is 25.5. The van der Waals surface area contributed by atoms with Gasteiger partial charge in [-0.2, -0.15) is 0 Å². The van der Waals surface area contributed by atoms with Crippen molar-refractivity contribution in [1.82, 2.24) is 4.90 Å². The largest absolute Gasteiger partial charge is 0.491 e. The first-order valence-electron chi connectivity index (χ1n) is 15.6. The number of carbonyl (C=O) groups is 3. The van der Waals surface area contributed by atoms with Gasteiger partial charge in [-0.3, -0.25) is 19.3 Å². The zero-order valence-corrected chi connectivity index (χ0v) is 27.1. The Morgan fingerprint density at radius 3 is 2.26 bits per heavy atom. The summed E-state index contributed by atoms with van der Waals surface area (Å²) in [4.78, 5) is 45.5. The first-order chi connectivity index (χ1) is 22.9. The second-order valence-electron chi connectivity index (χ2n) is 11.8. The second kappa shape index (κ2) is 12.6. The first kappa shape index (κ1) is 31.1. The fourth-order valence-electron chi connectivity index (χ4n) is 7.67. The number of aliphatic hydroxyl groups excluding tert-OH is 1. The Morgan fingerprint density at radius 1 is 0.915 bits per heavy atom. The average molecular weight is 698 g/mol. The SMILES string of the molecule is CCOC(=O)[C@H]1[C@@H]2C(=O)O[C@@H](c3ccccc3)[C@@H](c3ccccc3)N2C(c2ccc(OCCO)cc2)[C@]12C(=O)Nc1ccc(Br)cc12. The zero-order chi connectivity index (χ0) is 32.7. The number of carbonyl (C=O) groups excluding carboxylic acids is 3. The molecule has 2 N–H and O–H groups in total. The molecule has 3 aliphatic rings. The molecular formula is C37H33BrN2O7. The van der Waals surface area contributed by atoms with Gasteiger partial charge in [-0.15, -0.1) is 0 Å². The molecule has 10 heteroatoms. The molecule has 240 valence electrons. The van der Waals surface area contributed by atoms with E-state index >= 15 is 0 Å². The highest BCUT2D eigenvalue weighted by molar-refractivity contribution is 9.10. The molecule has 4 aromatic rings. The van der Waals surface area contributed by atoms with Crippen molar-refractivity contribution in [2.24, 2.45) is 5.92 Å². The number of hydrogen-bond acceptors (Lipinski definition) is 8. The predicted octanol–water partition coefficient (Wildman–Crippen LogP) is 5.65. The van der Waals surface area contributed by atoms with E-state index in [-0.39, 0.29) is 19.8 Å². The van der Waals surface area contributed by atoms with Gasteiger partial charge in [0, 0.05) is 10.2 Å². The van der Waals surface area contributed by atoms with Gasteiger partial charge in [0.1, 0.15) is 35.8 Å². The van der Waals surface area contributed by atoms with Crippen LogP contribution in [0.5, 0.6) is 5.75 Å². The van der Waals surface area contributed by atoms with Crippen molar-refractivity contribution in [3.63, 3.8) is 0 Å². The lowest BCUT2D eigenvalue weighted by Crippen LogP contribution is -2.52. The van der Waals surface area contributed by atoms with Crippen molar-refractivity contribution in [2.75, 3.05) is 25.1 Å². The normalized spacial score (nSPS) is 26.3. The number of esters is 2. The average Bonchev–Trinajstić information content (AvgIpc) is 3.57. The van der Waals surface area contributed by atoms with Gasteiger partial charge < -0.3 is 24.6 Å². The summed E-state index contributed by atoms with van der Waals surface area (Å²) in [7, 11) is 0. The third kappa shape index (κ3) is 5.02. The Kier molecular flexibility index (Phi) is 8.34. The van der Waals surface area contributed by atoms with Gasteiger partial charge in [0.25, 0.3) is 0 Å². The molecule has 1 spiro atoms. The molecule has 0 radical (unpaired) electrons. The third-order valence-electron chi connectivity index (χ3n) is 9.37. The molecule has 0 aliphatic carbocycles. The van der Waals surface area contributed by atoms with E-state index < -0.39 is 53.4 Å². The van der Waals surface area contributed by atoms with Crippen LogP contribution in [0.3, 0.4) is 0 Å². The summed E-state index contributed by atoms with van der Waals surface area (Å²) in [6.45, 7) is 1.75. The molecule has 4 aromatic carbocycles. The van der Waals surface area contributed by atoms with E-state index in [0.29, 0.717) is 22.6 Å². The van der Waals surface area contributed by atoms with Gasteiger partial charge in [-0.1, -0.05) is 88.7 Å². The van der Waals surface area contributed by atoms with E-state index in [2.05, 4.69) is 21.2 Å². The second-order valence-corrected chi connectivity index (χ2v) is 12.7. The van der Waals surface area contributed by atoms with Crippen LogP contribution in [0.2, 0.25) is 0 Å². The summed E-state index contributed by atoms with van der Waals surface area (Å²) < 4.78 is 18.4. The maximum Gasteiger partial charge on any atom is 0.325 e. The molecule has 6 atom stereocenters. The summed E-state index contributed by atoms with van der Waals surface area (Å²) >= 11 is 3.59. The Morgan fingerprint density at radius 2 is 1.60 bits per heavy atom. The molecule has 2 saturated heterocycles. The lowest BCUT2D eigenvalue weighted by molar-refractivity contribution is -0.180. The van der Waals surface area contributed by atoms with Crippen LogP contribution in [0.4, 0.5) is 5.69 Å². The molecule has 0 saturated carbocycles. The summed E-state index contributed by atoms with van der Waals surface area (Å²) in [6.07, 6.45) is -0.749. The van der Waals surface area contributed by atoms with Crippen LogP contribution < -0.4 is 10.1 Å². The number of morpholine rings is 1. The predicted molar refractivity (Wildman–Crippen MR) is 176 cm³/mol. The molecule has 0 bridgehead atoms. The van der Waals surface area contributed by atoms with Gasteiger partial charge >= 0.3 is 11.9 Å². The van der Waals surface area contributed by atoms with Crippen LogP contribution >= 0.6 is 15.9 Å². The van der Waals surface area contributed by atoms with E-state index in [0.717, 1.165) is 15.6 Å².